The lowest BCUT2D eigenvalue weighted by atomic mass is 9.43. The lowest BCUT2D eigenvalue weighted by Gasteiger charge is -2.62. The highest BCUT2D eigenvalue weighted by atomic mass is 16.7. The van der Waals surface area contributed by atoms with Gasteiger partial charge in [-0.05, 0) is 111 Å². The number of carbonyl (C=O) groups is 2. The molecular formula is C28H46O6. The summed E-state index contributed by atoms with van der Waals surface area (Å²) in [7, 11) is 1.46. The van der Waals surface area contributed by atoms with Crippen LogP contribution in [0.25, 0.3) is 0 Å². The van der Waals surface area contributed by atoms with Crippen molar-refractivity contribution in [3.63, 3.8) is 0 Å². The zero-order chi connectivity index (χ0) is 24.7. The van der Waals surface area contributed by atoms with E-state index in [2.05, 4.69) is 20.8 Å². The molecule has 0 aromatic carbocycles. The van der Waals surface area contributed by atoms with Gasteiger partial charge >= 0.3 is 12.1 Å². The van der Waals surface area contributed by atoms with Crippen LogP contribution in [0, 0.1) is 46.3 Å². The standard InChI is InChI=1S/C28H46O6/c1-6-33-26(31)34-19-13-14-27(3)18(15-19)8-9-20-22-11-10-21(17(2)7-12-25(30)32-5)28(22,4)24(29)16-23(20)27/h17-24,29H,6-16H2,1-5H3. The summed E-state index contributed by atoms with van der Waals surface area (Å²) in [4.78, 5) is 23.6. The summed E-state index contributed by atoms with van der Waals surface area (Å²) in [5, 5.41) is 11.7. The highest BCUT2D eigenvalue weighted by molar-refractivity contribution is 5.69. The smallest absolute Gasteiger partial charge is 0.469 e. The van der Waals surface area contributed by atoms with Crippen LogP contribution in [0.3, 0.4) is 0 Å². The third-order valence-corrected chi connectivity index (χ3v) is 11.0. The van der Waals surface area contributed by atoms with E-state index in [9.17, 15) is 14.7 Å². The minimum absolute atomic E-state index is 0.0426. The van der Waals surface area contributed by atoms with Gasteiger partial charge in [0.2, 0.25) is 0 Å². The van der Waals surface area contributed by atoms with E-state index in [1.54, 1.807) is 6.92 Å². The van der Waals surface area contributed by atoms with Crippen molar-refractivity contribution in [3.05, 3.63) is 0 Å². The van der Waals surface area contributed by atoms with Crippen molar-refractivity contribution < 1.29 is 28.9 Å². The molecule has 6 nitrogen and oxygen atoms in total. The monoisotopic (exact) mass is 478 g/mol. The van der Waals surface area contributed by atoms with E-state index in [-0.39, 0.29) is 29.0 Å². The Balaban J connectivity index is 1.46. The zero-order valence-electron chi connectivity index (χ0n) is 21.9. The SMILES string of the molecule is CCOC(=O)OC1CCC2(C)C(CCC3C2CC(O)C2(C)C(C(C)CCC(=O)OC)CCC32)C1. The second kappa shape index (κ2) is 9.99. The number of rotatable bonds is 6. The van der Waals surface area contributed by atoms with Gasteiger partial charge in [0.1, 0.15) is 6.10 Å². The minimum Gasteiger partial charge on any atom is -0.469 e. The van der Waals surface area contributed by atoms with Gasteiger partial charge in [0.05, 0.1) is 19.8 Å². The maximum absolute atomic E-state index is 11.9. The van der Waals surface area contributed by atoms with Crippen molar-refractivity contribution in [1.29, 1.82) is 0 Å². The summed E-state index contributed by atoms with van der Waals surface area (Å²) in [5.41, 5.74) is 0.137. The Hall–Kier alpha value is -1.30. The number of hydrogen-bond donors (Lipinski definition) is 1. The fourth-order valence-corrected chi connectivity index (χ4v) is 9.19. The van der Waals surface area contributed by atoms with Crippen molar-refractivity contribution in [2.45, 2.75) is 104 Å². The van der Waals surface area contributed by atoms with Crippen LogP contribution in [0.4, 0.5) is 4.79 Å². The number of aliphatic hydroxyl groups excluding tert-OH is 1. The number of fused-ring (bicyclic) bond motifs is 5. The molecule has 0 heterocycles. The molecule has 4 fully saturated rings. The molecule has 0 aromatic heterocycles. The van der Waals surface area contributed by atoms with E-state index in [4.69, 9.17) is 14.2 Å². The van der Waals surface area contributed by atoms with Crippen molar-refractivity contribution in [2.75, 3.05) is 13.7 Å². The number of esters is 1. The van der Waals surface area contributed by atoms with Crippen LogP contribution in [-0.2, 0) is 19.0 Å². The molecule has 4 aliphatic rings. The van der Waals surface area contributed by atoms with Crippen LogP contribution in [-0.4, -0.2) is 43.2 Å². The van der Waals surface area contributed by atoms with Gasteiger partial charge in [0, 0.05) is 6.42 Å². The van der Waals surface area contributed by atoms with E-state index in [0.717, 1.165) is 38.5 Å². The van der Waals surface area contributed by atoms with Crippen LogP contribution in [0.2, 0.25) is 0 Å². The predicted molar refractivity (Wildman–Crippen MR) is 129 cm³/mol. The summed E-state index contributed by atoms with van der Waals surface area (Å²) in [6.45, 7) is 9.22. The first-order valence-corrected chi connectivity index (χ1v) is 13.7. The molecule has 0 bridgehead atoms. The van der Waals surface area contributed by atoms with Crippen LogP contribution >= 0.6 is 0 Å². The maximum atomic E-state index is 11.9. The molecule has 1 N–H and O–H groups in total. The molecule has 4 aliphatic carbocycles. The molecule has 4 saturated carbocycles. The summed E-state index contributed by atoms with van der Waals surface area (Å²) >= 11 is 0. The average Bonchev–Trinajstić information content (AvgIpc) is 3.17. The van der Waals surface area contributed by atoms with E-state index in [1.807, 2.05) is 0 Å². The third kappa shape index (κ3) is 4.37. The Kier molecular flexibility index (Phi) is 7.57. The molecule has 0 aromatic rings. The highest BCUT2D eigenvalue weighted by Crippen LogP contribution is 2.68. The van der Waals surface area contributed by atoms with E-state index in [1.165, 1.54) is 26.4 Å². The van der Waals surface area contributed by atoms with E-state index >= 15 is 0 Å². The molecule has 0 radical (unpaired) electrons. The molecule has 0 saturated heterocycles. The Labute approximate surface area is 205 Å². The van der Waals surface area contributed by atoms with E-state index < -0.39 is 6.16 Å². The molecule has 10 atom stereocenters. The second-order valence-corrected chi connectivity index (χ2v) is 12.2. The fraction of sp³-hybridized carbons (Fsp3) is 0.929. The quantitative estimate of drug-likeness (QED) is 0.490. The zero-order valence-corrected chi connectivity index (χ0v) is 21.9. The van der Waals surface area contributed by atoms with Gasteiger partial charge in [0.15, 0.2) is 0 Å². The summed E-state index contributed by atoms with van der Waals surface area (Å²) < 4.78 is 15.5. The largest absolute Gasteiger partial charge is 0.508 e. The van der Waals surface area contributed by atoms with E-state index in [0.29, 0.717) is 48.5 Å². The summed E-state index contributed by atoms with van der Waals surface area (Å²) in [6.07, 6.45) is 8.92. The Bertz CT molecular complexity index is 753. The maximum Gasteiger partial charge on any atom is 0.508 e. The highest BCUT2D eigenvalue weighted by Gasteiger charge is 2.63. The van der Waals surface area contributed by atoms with Crippen LogP contribution in [0.1, 0.15) is 91.9 Å². The Morgan fingerprint density at radius 1 is 1.06 bits per heavy atom. The minimum atomic E-state index is -0.535. The van der Waals surface area contributed by atoms with Crippen molar-refractivity contribution >= 4 is 12.1 Å². The second-order valence-electron chi connectivity index (χ2n) is 12.2. The topological polar surface area (TPSA) is 82.1 Å². The molecule has 0 spiro atoms. The van der Waals surface area contributed by atoms with Crippen LogP contribution in [0.15, 0.2) is 0 Å². The van der Waals surface area contributed by atoms with Gasteiger partial charge in [-0.15, -0.1) is 0 Å². The molecule has 194 valence electrons. The molecule has 0 aliphatic heterocycles. The fourth-order valence-electron chi connectivity index (χ4n) is 9.19. The number of hydrogen-bond acceptors (Lipinski definition) is 6. The Morgan fingerprint density at radius 3 is 2.53 bits per heavy atom. The number of methoxy groups -OCH3 is 1. The number of carbonyl (C=O) groups excluding carboxylic acids is 2. The number of ether oxygens (including phenoxy) is 3. The van der Waals surface area contributed by atoms with Crippen molar-refractivity contribution in [1.82, 2.24) is 0 Å². The van der Waals surface area contributed by atoms with Crippen molar-refractivity contribution in [3.8, 4) is 0 Å². The first-order valence-electron chi connectivity index (χ1n) is 13.7. The first kappa shape index (κ1) is 25.8. The molecule has 4 rings (SSSR count). The van der Waals surface area contributed by atoms with Crippen LogP contribution in [0.5, 0.6) is 0 Å². The normalized spacial score (nSPS) is 44.2. The predicted octanol–water partition coefficient (Wildman–Crippen LogP) is 5.75. The summed E-state index contributed by atoms with van der Waals surface area (Å²) in [6, 6.07) is 0. The van der Waals surface area contributed by atoms with Gasteiger partial charge in [-0.1, -0.05) is 20.8 Å². The number of aliphatic hydroxyl groups is 1. The lowest BCUT2D eigenvalue weighted by molar-refractivity contribution is -0.176. The Morgan fingerprint density at radius 2 is 1.82 bits per heavy atom. The van der Waals surface area contributed by atoms with Gasteiger partial charge in [-0.2, -0.15) is 0 Å². The molecule has 10 unspecified atom stereocenters. The molecular weight excluding hydrogens is 432 g/mol. The molecule has 34 heavy (non-hydrogen) atoms. The summed E-state index contributed by atoms with van der Waals surface area (Å²) in [5.74, 6) is 3.01. The molecule has 0 amide bonds. The van der Waals surface area contributed by atoms with Crippen molar-refractivity contribution in [2.24, 2.45) is 46.3 Å². The van der Waals surface area contributed by atoms with Gasteiger partial charge in [0.25, 0.3) is 0 Å². The average molecular weight is 479 g/mol. The lowest BCUT2D eigenvalue weighted by Crippen LogP contribution is -2.59. The van der Waals surface area contributed by atoms with Gasteiger partial charge in [-0.3, -0.25) is 4.79 Å². The van der Waals surface area contributed by atoms with Crippen LogP contribution < -0.4 is 0 Å². The van der Waals surface area contributed by atoms with Gasteiger partial charge in [-0.25, -0.2) is 4.79 Å². The molecule has 6 heteroatoms. The first-order chi connectivity index (χ1) is 16.1. The van der Waals surface area contributed by atoms with Gasteiger partial charge < -0.3 is 19.3 Å². The third-order valence-electron chi connectivity index (χ3n) is 11.0.